The number of hydrogen-bond acceptors (Lipinski definition) is 3. The largest absolute Gasteiger partial charge is 0.379 e. The molecule has 0 aromatic rings. The van der Waals surface area contributed by atoms with Crippen LogP contribution in [0, 0.1) is 5.41 Å². The Morgan fingerprint density at radius 3 is 2.60 bits per heavy atom. The van der Waals surface area contributed by atoms with Crippen LogP contribution in [0.2, 0.25) is 0 Å². The van der Waals surface area contributed by atoms with Gasteiger partial charge in [0.1, 0.15) is 0 Å². The lowest BCUT2D eigenvalue weighted by molar-refractivity contribution is -0.0145. The molecule has 1 rings (SSSR count). The highest BCUT2D eigenvalue weighted by Gasteiger charge is 2.31. The summed E-state index contributed by atoms with van der Waals surface area (Å²) in [6.45, 7) is 11.0. The fourth-order valence-electron chi connectivity index (χ4n) is 3.25. The summed E-state index contributed by atoms with van der Waals surface area (Å²) >= 11 is 0. The third-order valence-electron chi connectivity index (χ3n) is 4.19. The van der Waals surface area contributed by atoms with Crippen molar-refractivity contribution in [1.82, 2.24) is 5.32 Å². The molecule has 120 valence electrons. The minimum absolute atomic E-state index is 0.171. The van der Waals surface area contributed by atoms with E-state index in [1.165, 1.54) is 38.5 Å². The first-order chi connectivity index (χ1) is 9.49. The normalized spacial score (nSPS) is 22.9. The zero-order valence-corrected chi connectivity index (χ0v) is 14.2. The van der Waals surface area contributed by atoms with E-state index in [1.54, 1.807) is 0 Å². The van der Waals surface area contributed by atoms with Gasteiger partial charge < -0.3 is 14.8 Å². The van der Waals surface area contributed by atoms with Crippen LogP contribution in [-0.4, -0.2) is 38.5 Å². The van der Waals surface area contributed by atoms with E-state index in [2.05, 4.69) is 33.0 Å². The Hall–Kier alpha value is -0.120. The first-order valence-electron chi connectivity index (χ1n) is 8.36. The maximum Gasteiger partial charge on any atom is 0.0772 e. The van der Waals surface area contributed by atoms with E-state index in [9.17, 15) is 0 Å². The lowest BCUT2D eigenvalue weighted by Gasteiger charge is -2.36. The van der Waals surface area contributed by atoms with Gasteiger partial charge in [-0.25, -0.2) is 0 Å². The minimum atomic E-state index is 0.171. The van der Waals surface area contributed by atoms with Crippen molar-refractivity contribution < 1.29 is 9.47 Å². The molecule has 3 nitrogen and oxygen atoms in total. The molecule has 0 aromatic heterocycles. The van der Waals surface area contributed by atoms with Gasteiger partial charge in [0.2, 0.25) is 0 Å². The lowest BCUT2D eigenvalue weighted by atomic mass is 9.82. The van der Waals surface area contributed by atoms with Crippen LogP contribution in [-0.2, 0) is 9.47 Å². The maximum atomic E-state index is 5.80. The van der Waals surface area contributed by atoms with Gasteiger partial charge in [-0.3, -0.25) is 0 Å². The quantitative estimate of drug-likeness (QED) is 0.699. The number of rotatable bonds is 9. The molecule has 1 aliphatic rings. The molecule has 0 bridgehead atoms. The average Bonchev–Trinajstić information content (AvgIpc) is 2.87. The molecule has 1 aliphatic heterocycles. The number of hydrogen-bond donors (Lipinski definition) is 1. The Kier molecular flexibility index (Phi) is 8.08. The standard InChI is InChI=1S/C17H35NO2/c1-6-12-18-15(16(19-5)17(2,3)4)11-7-9-14-10-8-13-20-14/h14-16,18H,6-13H2,1-5H3. The number of ether oxygens (including phenoxy) is 2. The van der Waals surface area contributed by atoms with Gasteiger partial charge in [-0.1, -0.05) is 27.7 Å². The van der Waals surface area contributed by atoms with E-state index in [0.717, 1.165) is 13.2 Å². The van der Waals surface area contributed by atoms with E-state index < -0.39 is 0 Å². The summed E-state index contributed by atoms with van der Waals surface area (Å²) in [6.07, 6.45) is 8.03. The Morgan fingerprint density at radius 1 is 1.35 bits per heavy atom. The summed E-state index contributed by atoms with van der Waals surface area (Å²) < 4.78 is 11.5. The second-order valence-electron chi connectivity index (χ2n) is 7.15. The Balaban J connectivity index is 2.44. The van der Waals surface area contributed by atoms with Crippen LogP contribution in [0.3, 0.4) is 0 Å². The molecule has 0 saturated carbocycles. The number of nitrogens with one attached hydrogen (secondary N) is 1. The second-order valence-corrected chi connectivity index (χ2v) is 7.15. The number of methoxy groups -OCH3 is 1. The first-order valence-corrected chi connectivity index (χ1v) is 8.36. The lowest BCUT2D eigenvalue weighted by Crippen LogP contribution is -2.48. The fourth-order valence-corrected chi connectivity index (χ4v) is 3.25. The van der Waals surface area contributed by atoms with E-state index in [1.807, 2.05) is 7.11 Å². The van der Waals surface area contributed by atoms with Crippen molar-refractivity contribution in [2.75, 3.05) is 20.3 Å². The van der Waals surface area contributed by atoms with E-state index in [4.69, 9.17) is 9.47 Å². The van der Waals surface area contributed by atoms with Crippen molar-refractivity contribution in [1.29, 1.82) is 0 Å². The van der Waals surface area contributed by atoms with Crippen LogP contribution in [0.25, 0.3) is 0 Å². The summed E-state index contributed by atoms with van der Waals surface area (Å²) in [5, 5.41) is 3.69. The molecule has 3 heteroatoms. The maximum absolute atomic E-state index is 5.80. The second kappa shape index (κ2) is 9.01. The zero-order valence-electron chi connectivity index (χ0n) is 14.2. The summed E-state index contributed by atoms with van der Waals surface area (Å²) in [5.74, 6) is 0. The van der Waals surface area contributed by atoms with Gasteiger partial charge in [-0.15, -0.1) is 0 Å². The highest BCUT2D eigenvalue weighted by Crippen LogP contribution is 2.27. The monoisotopic (exact) mass is 285 g/mol. The summed E-state index contributed by atoms with van der Waals surface area (Å²) in [6, 6.07) is 0.446. The molecule has 20 heavy (non-hydrogen) atoms. The molecular weight excluding hydrogens is 250 g/mol. The Labute approximate surface area is 125 Å². The van der Waals surface area contributed by atoms with Crippen LogP contribution >= 0.6 is 0 Å². The van der Waals surface area contributed by atoms with Crippen LogP contribution in [0.5, 0.6) is 0 Å². The third kappa shape index (κ3) is 6.11. The topological polar surface area (TPSA) is 30.5 Å². The molecular formula is C17H35NO2. The Morgan fingerprint density at radius 2 is 2.10 bits per heavy atom. The fraction of sp³-hybridized carbons (Fsp3) is 1.00. The van der Waals surface area contributed by atoms with Crippen molar-refractivity contribution >= 4 is 0 Å². The van der Waals surface area contributed by atoms with Crippen LogP contribution < -0.4 is 5.32 Å². The first kappa shape index (κ1) is 17.9. The van der Waals surface area contributed by atoms with Crippen molar-refractivity contribution in [2.45, 2.75) is 84.5 Å². The molecule has 1 N–H and O–H groups in total. The van der Waals surface area contributed by atoms with Gasteiger partial charge in [0.15, 0.2) is 0 Å². The molecule has 0 amide bonds. The summed E-state index contributed by atoms with van der Waals surface area (Å²) in [4.78, 5) is 0. The molecule has 0 radical (unpaired) electrons. The molecule has 0 aromatic carbocycles. The van der Waals surface area contributed by atoms with E-state index in [-0.39, 0.29) is 11.5 Å². The van der Waals surface area contributed by atoms with Crippen molar-refractivity contribution in [3.8, 4) is 0 Å². The zero-order chi connectivity index (χ0) is 15.0. The highest BCUT2D eigenvalue weighted by molar-refractivity contribution is 4.86. The van der Waals surface area contributed by atoms with Gasteiger partial charge in [0.05, 0.1) is 12.2 Å². The molecule has 0 aliphatic carbocycles. The highest BCUT2D eigenvalue weighted by atomic mass is 16.5. The molecule has 1 saturated heterocycles. The van der Waals surface area contributed by atoms with Crippen LogP contribution in [0.4, 0.5) is 0 Å². The molecule has 3 unspecified atom stereocenters. The predicted molar refractivity (Wildman–Crippen MR) is 85.2 cm³/mol. The van der Waals surface area contributed by atoms with Crippen molar-refractivity contribution in [3.05, 3.63) is 0 Å². The predicted octanol–water partition coefficient (Wildman–Crippen LogP) is 3.77. The molecule has 3 atom stereocenters. The SMILES string of the molecule is CCCNC(CCCC1CCCO1)C(OC)C(C)(C)C. The van der Waals surface area contributed by atoms with Crippen LogP contribution in [0.15, 0.2) is 0 Å². The van der Waals surface area contributed by atoms with Gasteiger partial charge in [0, 0.05) is 19.8 Å². The van der Waals surface area contributed by atoms with Gasteiger partial charge in [-0.2, -0.15) is 0 Å². The van der Waals surface area contributed by atoms with Crippen molar-refractivity contribution in [3.63, 3.8) is 0 Å². The van der Waals surface area contributed by atoms with E-state index >= 15 is 0 Å². The smallest absolute Gasteiger partial charge is 0.0772 e. The Bertz CT molecular complexity index is 244. The molecule has 1 fully saturated rings. The minimum Gasteiger partial charge on any atom is -0.379 e. The van der Waals surface area contributed by atoms with Gasteiger partial charge in [-0.05, 0) is 50.5 Å². The van der Waals surface area contributed by atoms with E-state index in [0.29, 0.717) is 12.1 Å². The summed E-state index contributed by atoms with van der Waals surface area (Å²) in [7, 11) is 1.84. The van der Waals surface area contributed by atoms with Crippen molar-refractivity contribution in [2.24, 2.45) is 5.41 Å². The third-order valence-corrected chi connectivity index (χ3v) is 4.19. The molecule has 0 spiro atoms. The van der Waals surface area contributed by atoms with Crippen LogP contribution in [0.1, 0.15) is 66.2 Å². The molecule has 1 heterocycles. The van der Waals surface area contributed by atoms with Gasteiger partial charge in [0.25, 0.3) is 0 Å². The average molecular weight is 285 g/mol. The summed E-state index contributed by atoms with van der Waals surface area (Å²) in [5.41, 5.74) is 0.171. The van der Waals surface area contributed by atoms with Gasteiger partial charge >= 0.3 is 0 Å².